The van der Waals surface area contributed by atoms with Crippen molar-refractivity contribution in [1.82, 2.24) is 5.32 Å². The highest BCUT2D eigenvalue weighted by Crippen LogP contribution is 2.36. The van der Waals surface area contributed by atoms with Gasteiger partial charge in [-0.3, -0.25) is 0 Å². The van der Waals surface area contributed by atoms with Crippen molar-refractivity contribution in [1.29, 1.82) is 0 Å². The lowest BCUT2D eigenvalue weighted by Crippen LogP contribution is -2.41. The smallest absolute Gasteiger partial charge is 0.399 e. The molecule has 1 aromatic rings. The average Bonchev–Trinajstić information content (AvgIpc) is 2.58. The van der Waals surface area contributed by atoms with Crippen molar-refractivity contribution < 1.29 is 13.7 Å². The minimum absolute atomic E-state index is 0.127. The van der Waals surface area contributed by atoms with Crippen LogP contribution in [0.15, 0.2) is 18.2 Å². The van der Waals surface area contributed by atoms with Gasteiger partial charge in [-0.15, -0.1) is 0 Å². The molecule has 0 bridgehead atoms. The molecule has 21 heavy (non-hydrogen) atoms. The summed E-state index contributed by atoms with van der Waals surface area (Å²) >= 11 is 0. The van der Waals surface area contributed by atoms with Crippen LogP contribution in [0.2, 0.25) is 0 Å². The lowest BCUT2D eigenvalue weighted by atomic mass is 9.78. The van der Waals surface area contributed by atoms with Crippen LogP contribution in [0.25, 0.3) is 0 Å². The Labute approximate surface area is 127 Å². The second-order valence-corrected chi connectivity index (χ2v) is 6.83. The Morgan fingerprint density at radius 1 is 1.19 bits per heavy atom. The first-order chi connectivity index (χ1) is 9.68. The van der Waals surface area contributed by atoms with Crippen molar-refractivity contribution >= 4 is 12.6 Å². The molecule has 0 radical (unpaired) electrons. The maximum Gasteiger partial charge on any atom is 0.494 e. The van der Waals surface area contributed by atoms with Crippen LogP contribution in [0, 0.1) is 5.82 Å². The zero-order chi connectivity index (χ0) is 15.8. The van der Waals surface area contributed by atoms with Gasteiger partial charge in [0, 0.05) is 6.54 Å². The molecule has 0 aliphatic carbocycles. The van der Waals surface area contributed by atoms with E-state index >= 15 is 0 Å². The fraction of sp³-hybridized carbons (Fsp3) is 0.625. The molecule has 1 heterocycles. The van der Waals surface area contributed by atoms with E-state index in [1.165, 1.54) is 6.07 Å². The Hall–Kier alpha value is -0.905. The second-order valence-electron chi connectivity index (χ2n) is 6.83. The predicted octanol–water partition coefficient (Wildman–Crippen LogP) is 2.45. The van der Waals surface area contributed by atoms with Gasteiger partial charge in [0.1, 0.15) is 5.82 Å². The molecule has 0 spiro atoms. The minimum Gasteiger partial charge on any atom is -0.399 e. The summed E-state index contributed by atoms with van der Waals surface area (Å²) in [6.45, 7) is 10.7. The highest BCUT2D eigenvalue weighted by molar-refractivity contribution is 6.62. The molecule has 1 unspecified atom stereocenters. The van der Waals surface area contributed by atoms with Crippen LogP contribution in [0.5, 0.6) is 0 Å². The lowest BCUT2D eigenvalue weighted by molar-refractivity contribution is 0.00578. The molecule has 0 aromatic heterocycles. The Morgan fingerprint density at radius 3 is 2.24 bits per heavy atom. The predicted molar refractivity (Wildman–Crippen MR) is 84.5 cm³/mol. The highest BCUT2D eigenvalue weighted by atomic mass is 19.1. The van der Waals surface area contributed by atoms with Crippen LogP contribution in [0.3, 0.4) is 0 Å². The molecule has 1 aliphatic heterocycles. The molecule has 1 saturated heterocycles. The molecule has 1 aromatic carbocycles. The molecule has 1 aliphatic rings. The highest BCUT2D eigenvalue weighted by Gasteiger charge is 2.51. The third-order valence-electron chi connectivity index (χ3n) is 4.59. The van der Waals surface area contributed by atoms with Crippen molar-refractivity contribution in [2.24, 2.45) is 0 Å². The zero-order valence-corrected chi connectivity index (χ0v) is 13.8. The number of rotatable bonds is 4. The van der Waals surface area contributed by atoms with E-state index in [-0.39, 0.29) is 11.7 Å². The first kappa shape index (κ1) is 16.5. The van der Waals surface area contributed by atoms with Crippen LogP contribution in [-0.2, 0) is 9.31 Å². The zero-order valence-electron chi connectivity index (χ0n) is 13.8. The average molecular weight is 293 g/mol. The standard InChI is InChI=1S/C16H25BFNO2/c1-11(10-19-6)13-8-7-12(9-14(13)18)17-20-15(2,3)16(4,5)21-17/h7-9,11,19H,10H2,1-6H3. The van der Waals surface area contributed by atoms with Crippen LogP contribution >= 0.6 is 0 Å². The van der Waals surface area contributed by atoms with Crippen LogP contribution in [0.4, 0.5) is 4.39 Å². The van der Waals surface area contributed by atoms with E-state index in [9.17, 15) is 4.39 Å². The quantitative estimate of drug-likeness (QED) is 0.865. The van der Waals surface area contributed by atoms with Crippen molar-refractivity contribution in [3.05, 3.63) is 29.6 Å². The van der Waals surface area contributed by atoms with Gasteiger partial charge in [-0.1, -0.05) is 19.1 Å². The Kier molecular flexibility index (Phi) is 4.48. The van der Waals surface area contributed by atoms with Gasteiger partial charge in [-0.25, -0.2) is 4.39 Å². The fourth-order valence-electron chi connectivity index (χ4n) is 2.48. The summed E-state index contributed by atoms with van der Waals surface area (Å²) in [5, 5.41) is 3.07. The van der Waals surface area contributed by atoms with Gasteiger partial charge in [-0.2, -0.15) is 0 Å². The van der Waals surface area contributed by atoms with E-state index in [1.807, 2.05) is 53.8 Å². The molecular weight excluding hydrogens is 268 g/mol. The fourth-order valence-corrected chi connectivity index (χ4v) is 2.48. The molecule has 1 N–H and O–H groups in total. The SMILES string of the molecule is CNCC(C)c1ccc(B2OC(C)(C)C(C)(C)O2)cc1F. The molecule has 1 atom stereocenters. The molecule has 2 rings (SSSR count). The van der Waals surface area contributed by atoms with E-state index in [4.69, 9.17) is 9.31 Å². The van der Waals surface area contributed by atoms with Gasteiger partial charge in [0.2, 0.25) is 0 Å². The van der Waals surface area contributed by atoms with E-state index < -0.39 is 18.3 Å². The summed E-state index contributed by atoms with van der Waals surface area (Å²) in [6, 6.07) is 5.26. The van der Waals surface area contributed by atoms with Crippen LogP contribution < -0.4 is 10.8 Å². The normalized spacial score (nSPS) is 21.6. The van der Waals surface area contributed by atoms with Gasteiger partial charge < -0.3 is 14.6 Å². The van der Waals surface area contributed by atoms with Gasteiger partial charge in [0.25, 0.3) is 0 Å². The largest absolute Gasteiger partial charge is 0.494 e. The van der Waals surface area contributed by atoms with E-state index in [0.717, 1.165) is 12.0 Å². The van der Waals surface area contributed by atoms with Gasteiger partial charge in [0.05, 0.1) is 11.2 Å². The summed E-state index contributed by atoms with van der Waals surface area (Å²) in [7, 11) is 1.35. The monoisotopic (exact) mass is 293 g/mol. The molecular formula is C16H25BFNO2. The summed E-state index contributed by atoms with van der Waals surface area (Å²) in [5.74, 6) is -0.0766. The van der Waals surface area contributed by atoms with Gasteiger partial charge in [0.15, 0.2) is 0 Å². The maximum atomic E-state index is 14.3. The van der Waals surface area contributed by atoms with E-state index in [1.54, 1.807) is 0 Å². The van der Waals surface area contributed by atoms with E-state index in [0.29, 0.717) is 5.56 Å². The second kappa shape index (κ2) is 5.71. The van der Waals surface area contributed by atoms with Crippen LogP contribution in [-0.4, -0.2) is 31.9 Å². The Balaban J connectivity index is 2.22. The number of hydrogen-bond donors (Lipinski definition) is 1. The van der Waals surface area contributed by atoms with Crippen molar-refractivity contribution in [3.63, 3.8) is 0 Å². The third kappa shape index (κ3) is 3.15. The minimum atomic E-state index is -0.516. The van der Waals surface area contributed by atoms with Crippen LogP contribution in [0.1, 0.15) is 46.1 Å². The molecule has 5 heteroatoms. The van der Waals surface area contributed by atoms with Gasteiger partial charge in [-0.05, 0) is 57.8 Å². The number of nitrogens with one attached hydrogen (secondary N) is 1. The molecule has 1 fully saturated rings. The molecule has 0 amide bonds. The van der Waals surface area contributed by atoms with Crippen molar-refractivity contribution in [2.45, 2.75) is 51.7 Å². The number of hydrogen-bond acceptors (Lipinski definition) is 3. The third-order valence-corrected chi connectivity index (χ3v) is 4.59. The first-order valence-corrected chi connectivity index (χ1v) is 7.47. The molecule has 3 nitrogen and oxygen atoms in total. The number of halogens is 1. The van der Waals surface area contributed by atoms with Gasteiger partial charge >= 0.3 is 7.12 Å². The summed E-state index contributed by atoms with van der Waals surface area (Å²) in [6.07, 6.45) is 0. The number of benzene rings is 1. The Morgan fingerprint density at radius 2 is 1.76 bits per heavy atom. The lowest BCUT2D eigenvalue weighted by Gasteiger charge is -2.32. The number of likely N-dealkylation sites (N-methyl/N-ethyl adjacent to an activating group) is 1. The topological polar surface area (TPSA) is 30.5 Å². The van der Waals surface area contributed by atoms with E-state index in [2.05, 4.69) is 5.32 Å². The summed E-state index contributed by atoms with van der Waals surface area (Å²) in [4.78, 5) is 0. The maximum absolute atomic E-state index is 14.3. The van der Waals surface area contributed by atoms with Crippen molar-refractivity contribution in [2.75, 3.05) is 13.6 Å². The molecule has 0 saturated carbocycles. The summed E-state index contributed by atoms with van der Waals surface area (Å²) < 4.78 is 26.2. The Bertz CT molecular complexity index is 503. The molecule has 116 valence electrons. The summed E-state index contributed by atoms with van der Waals surface area (Å²) in [5.41, 5.74) is 0.620. The van der Waals surface area contributed by atoms with Crippen molar-refractivity contribution in [3.8, 4) is 0 Å². The first-order valence-electron chi connectivity index (χ1n) is 7.47.